The summed E-state index contributed by atoms with van der Waals surface area (Å²) in [5.41, 5.74) is 0.237. The number of benzene rings is 2. The molecular weight excluding hydrogens is 406 g/mol. The fourth-order valence-electron chi connectivity index (χ4n) is 2.44. The lowest BCUT2D eigenvalue weighted by molar-refractivity contribution is -0.116. The van der Waals surface area contributed by atoms with Gasteiger partial charge >= 0.3 is 0 Å². The molecule has 6 nitrogen and oxygen atoms in total. The summed E-state index contributed by atoms with van der Waals surface area (Å²) in [6.07, 6.45) is -0.150. The third kappa shape index (κ3) is 3.53. The summed E-state index contributed by atoms with van der Waals surface area (Å²) in [6.45, 7) is 0. The molecule has 136 valence electrons. The minimum absolute atomic E-state index is 0.0187. The van der Waals surface area contributed by atoms with Crippen LogP contribution in [0, 0.1) is 5.82 Å². The number of nitrogens with one attached hydrogen (secondary N) is 1. The topological polar surface area (TPSA) is 83.6 Å². The van der Waals surface area contributed by atoms with Gasteiger partial charge in [0.25, 0.3) is 5.91 Å². The zero-order chi connectivity index (χ0) is 19.1. The van der Waals surface area contributed by atoms with E-state index in [0.29, 0.717) is 4.31 Å². The molecule has 0 aromatic heterocycles. The van der Waals surface area contributed by atoms with Crippen LogP contribution >= 0.6 is 23.2 Å². The first kappa shape index (κ1) is 18.6. The Morgan fingerprint density at radius 2 is 1.85 bits per heavy atom. The van der Waals surface area contributed by atoms with Gasteiger partial charge in [0, 0.05) is 17.7 Å². The van der Waals surface area contributed by atoms with E-state index in [0.717, 1.165) is 6.07 Å². The second-order valence-corrected chi connectivity index (χ2v) is 8.22. The first-order chi connectivity index (χ1) is 12.2. The van der Waals surface area contributed by atoms with Crippen molar-refractivity contribution in [2.45, 2.75) is 6.42 Å². The highest BCUT2D eigenvalue weighted by Crippen LogP contribution is 2.33. The molecule has 0 saturated carbocycles. The second kappa shape index (κ2) is 6.86. The van der Waals surface area contributed by atoms with Gasteiger partial charge in [0.2, 0.25) is 15.9 Å². The van der Waals surface area contributed by atoms with Gasteiger partial charge in [0.15, 0.2) is 0 Å². The van der Waals surface area contributed by atoms with Gasteiger partial charge in [0.05, 0.1) is 21.5 Å². The minimum atomic E-state index is -3.82. The number of rotatable bonds is 3. The van der Waals surface area contributed by atoms with Crippen molar-refractivity contribution >= 4 is 56.4 Å². The van der Waals surface area contributed by atoms with Gasteiger partial charge in [-0.1, -0.05) is 23.2 Å². The Morgan fingerprint density at radius 1 is 1.12 bits per heavy atom. The van der Waals surface area contributed by atoms with Crippen LogP contribution in [0.2, 0.25) is 10.0 Å². The highest BCUT2D eigenvalue weighted by atomic mass is 35.5. The van der Waals surface area contributed by atoms with E-state index < -0.39 is 27.7 Å². The largest absolute Gasteiger partial charge is 0.322 e. The van der Waals surface area contributed by atoms with Gasteiger partial charge in [-0.25, -0.2) is 17.1 Å². The number of amides is 2. The van der Waals surface area contributed by atoms with Crippen LogP contribution in [0.1, 0.15) is 16.8 Å². The first-order valence-electron chi connectivity index (χ1n) is 7.31. The van der Waals surface area contributed by atoms with Gasteiger partial charge in [-0.2, -0.15) is 0 Å². The van der Waals surface area contributed by atoms with Crippen LogP contribution in [0.5, 0.6) is 0 Å². The van der Waals surface area contributed by atoms with Gasteiger partial charge in [-0.15, -0.1) is 0 Å². The van der Waals surface area contributed by atoms with Crippen LogP contribution in [0.4, 0.5) is 15.8 Å². The minimum Gasteiger partial charge on any atom is -0.322 e. The average molecular weight is 417 g/mol. The molecule has 2 aromatic rings. The molecule has 2 amide bonds. The Morgan fingerprint density at radius 3 is 2.46 bits per heavy atom. The van der Waals surface area contributed by atoms with Crippen molar-refractivity contribution in [3.05, 3.63) is 57.8 Å². The zero-order valence-corrected chi connectivity index (χ0v) is 15.3. The molecule has 1 heterocycles. The van der Waals surface area contributed by atoms with Gasteiger partial charge < -0.3 is 5.32 Å². The second-order valence-electron chi connectivity index (χ2n) is 5.47. The fraction of sp³-hybridized carbons (Fsp3) is 0.125. The van der Waals surface area contributed by atoms with Crippen molar-refractivity contribution in [1.82, 2.24) is 0 Å². The molecule has 10 heteroatoms. The third-order valence-corrected chi connectivity index (χ3v) is 5.97. The van der Waals surface area contributed by atoms with Crippen LogP contribution in [-0.4, -0.2) is 26.0 Å². The Hall–Kier alpha value is -2.16. The molecule has 1 fully saturated rings. The summed E-state index contributed by atoms with van der Waals surface area (Å²) in [5, 5.41) is 2.37. The molecule has 0 aliphatic carbocycles. The van der Waals surface area contributed by atoms with Crippen LogP contribution in [0.25, 0.3) is 0 Å². The number of anilines is 2. The van der Waals surface area contributed by atoms with E-state index in [1.54, 1.807) is 0 Å². The van der Waals surface area contributed by atoms with Crippen LogP contribution in [0.15, 0.2) is 36.4 Å². The molecule has 0 bridgehead atoms. The Bertz CT molecular complexity index is 1030. The lowest BCUT2D eigenvalue weighted by Gasteiger charge is -2.17. The molecule has 0 atom stereocenters. The summed E-state index contributed by atoms with van der Waals surface area (Å²) < 4.78 is 37.9. The summed E-state index contributed by atoms with van der Waals surface area (Å²) in [4.78, 5) is 24.3. The van der Waals surface area contributed by atoms with Crippen molar-refractivity contribution in [3.8, 4) is 0 Å². The van der Waals surface area contributed by atoms with E-state index >= 15 is 0 Å². The maximum Gasteiger partial charge on any atom is 0.255 e. The number of hydrogen-bond acceptors (Lipinski definition) is 4. The molecule has 0 unspecified atom stereocenters. The van der Waals surface area contributed by atoms with E-state index in [-0.39, 0.29) is 39.2 Å². The van der Waals surface area contributed by atoms with E-state index in [9.17, 15) is 22.4 Å². The maximum atomic E-state index is 13.2. The highest BCUT2D eigenvalue weighted by Gasteiger charge is 2.37. The van der Waals surface area contributed by atoms with Crippen molar-refractivity contribution in [2.24, 2.45) is 0 Å². The third-order valence-electron chi connectivity index (χ3n) is 3.68. The van der Waals surface area contributed by atoms with Crippen molar-refractivity contribution in [1.29, 1.82) is 0 Å². The number of carbonyl (C=O) groups excluding carboxylic acids is 2. The van der Waals surface area contributed by atoms with E-state index in [2.05, 4.69) is 5.32 Å². The number of halogens is 3. The lowest BCUT2D eigenvalue weighted by Crippen LogP contribution is -2.29. The monoisotopic (exact) mass is 416 g/mol. The van der Waals surface area contributed by atoms with Crippen molar-refractivity contribution < 1.29 is 22.4 Å². The molecular formula is C16H11Cl2FN2O4S. The number of hydrogen-bond donors (Lipinski definition) is 1. The number of carbonyl (C=O) groups is 2. The summed E-state index contributed by atoms with van der Waals surface area (Å²) in [6, 6.07) is 7.57. The Labute approximate surface area is 158 Å². The average Bonchev–Trinajstić information content (AvgIpc) is 2.85. The van der Waals surface area contributed by atoms with Gasteiger partial charge in [0.1, 0.15) is 5.82 Å². The van der Waals surface area contributed by atoms with Gasteiger partial charge in [-0.05, 0) is 36.4 Å². The molecule has 3 rings (SSSR count). The summed E-state index contributed by atoms with van der Waals surface area (Å²) in [7, 11) is -3.82. The summed E-state index contributed by atoms with van der Waals surface area (Å²) in [5.74, 6) is -2.16. The van der Waals surface area contributed by atoms with Crippen molar-refractivity contribution in [2.75, 3.05) is 15.4 Å². The fourth-order valence-corrected chi connectivity index (χ4v) is 4.34. The first-order valence-corrected chi connectivity index (χ1v) is 9.67. The summed E-state index contributed by atoms with van der Waals surface area (Å²) >= 11 is 11.7. The van der Waals surface area contributed by atoms with Crippen LogP contribution in [0.3, 0.4) is 0 Å². The molecule has 1 aliphatic rings. The van der Waals surface area contributed by atoms with Crippen LogP contribution in [-0.2, 0) is 14.8 Å². The molecule has 2 aromatic carbocycles. The quantitative estimate of drug-likeness (QED) is 0.830. The Balaban J connectivity index is 1.93. The highest BCUT2D eigenvalue weighted by molar-refractivity contribution is 7.94. The SMILES string of the molecule is O=C(Nc1ccc(F)c(Cl)c1)c1ccc(Cl)c(N2C(=O)CCS2(=O)=O)c1. The molecule has 26 heavy (non-hydrogen) atoms. The molecule has 1 saturated heterocycles. The predicted octanol–water partition coefficient (Wildman–Crippen LogP) is 3.45. The number of sulfonamides is 1. The molecule has 1 N–H and O–H groups in total. The maximum absolute atomic E-state index is 13.2. The van der Waals surface area contributed by atoms with E-state index in [1.807, 2.05) is 0 Å². The zero-order valence-electron chi connectivity index (χ0n) is 13.0. The standard InChI is InChI=1S/C16H11Cl2FN2O4S/c17-11-3-1-9(7-14(11)21-15(22)5-6-26(21,24)25)16(23)20-10-2-4-13(19)12(18)8-10/h1-4,7-8H,5-6H2,(H,20,23). The molecule has 0 radical (unpaired) electrons. The normalized spacial score (nSPS) is 16.0. The van der Waals surface area contributed by atoms with E-state index in [1.165, 1.54) is 30.3 Å². The van der Waals surface area contributed by atoms with E-state index in [4.69, 9.17) is 23.2 Å². The van der Waals surface area contributed by atoms with Crippen LogP contribution < -0.4 is 9.62 Å². The molecule has 1 aliphatic heterocycles. The Kier molecular flexibility index (Phi) is 4.92. The molecule has 0 spiro atoms. The lowest BCUT2D eigenvalue weighted by atomic mass is 10.1. The van der Waals surface area contributed by atoms with Gasteiger partial charge in [-0.3, -0.25) is 9.59 Å². The number of nitrogens with zero attached hydrogens (tertiary/aromatic N) is 1. The smallest absolute Gasteiger partial charge is 0.255 e. The van der Waals surface area contributed by atoms with Crippen molar-refractivity contribution in [3.63, 3.8) is 0 Å². The predicted molar refractivity (Wildman–Crippen MR) is 96.7 cm³/mol.